The van der Waals surface area contributed by atoms with Gasteiger partial charge in [-0.05, 0) is 40.8 Å². The van der Waals surface area contributed by atoms with Crippen LogP contribution in [0.25, 0.3) is 11.1 Å². The van der Waals surface area contributed by atoms with Crippen molar-refractivity contribution in [2.24, 2.45) is 0 Å². The molecule has 0 aliphatic carbocycles. The first kappa shape index (κ1) is 19.0. The van der Waals surface area contributed by atoms with Crippen LogP contribution in [0, 0.1) is 0 Å². The second-order valence-corrected chi connectivity index (χ2v) is 8.47. The third-order valence-corrected chi connectivity index (χ3v) is 6.50. The standard InChI is InChI=1S/C26H26N2O2/c29-26(30)23-12-8-20(9-13-23)16-28-18-24-14-25(28)17-27(24)15-19-6-10-22(11-7-19)21-4-2-1-3-5-21/h1-13,24-25H,14-18H2,(H,29,30)/t24-,25-/m0/s1. The van der Waals surface area contributed by atoms with E-state index in [1.54, 1.807) is 12.1 Å². The van der Waals surface area contributed by atoms with Gasteiger partial charge in [0.2, 0.25) is 0 Å². The van der Waals surface area contributed by atoms with E-state index in [0.29, 0.717) is 17.6 Å². The zero-order valence-electron chi connectivity index (χ0n) is 16.9. The highest BCUT2D eigenvalue weighted by Gasteiger charge is 2.42. The first-order chi connectivity index (χ1) is 14.7. The van der Waals surface area contributed by atoms with Crippen LogP contribution in [-0.2, 0) is 13.1 Å². The summed E-state index contributed by atoms with van der Waals surface area (Å²) in [5.41, 5.74) is 5.44. The molecule has 30 heavy (non-hydrogen) atoms. The molecule has 4 heteroatoms. The van der Waals surface area contributed by atoms with Crippen LogP contribution < -0.4 is 0 Å². The van der Waals surface area contributed by atoms with Gasteiger partial charge in [0.05, 0.1) is 5.56 Å². The summed E-state index contributed by atoms with van der Waals surface area (Å²) in [6.45, 7) is 4.11. The first-order valence-corrected chi connectivity index (χ1v) is 10.6. The third kappa shape index (κ3) is 3.89. The monoisotopic (exact) mass is 398 g/mol. The summed E-state index contributed by atoms with van der Waals surface area (Å²) >= 11 is 0. The molecule has 2 aliphatic heterocycles. The van der Waals surface area contributed by atoms with Crippen LogP contribution in [0.3, 0.4) is 0 Å². The van der Waals surface area contributed by atoms with E-state index in [4.69, 9.17) is 5.11 Å². The van der Waals surface area contributed by atoms with Crippen molar-refractivity contribution >= 4 is 5.97 Å². The minimum atomic E-state index is -0.866. The molecule has 0 aromatic heterocycles. The van der Waals surface area contributed by atoms with E-state index >= 15 is 0 Å². The lowest BCUT2D eigenvalue weighted by atomic mass is 10.0. The molecule has 2 heterocycles. The van der Waals surface area contributed by atoms with Gasteiger partial charge >= 0.3 is 5.97 Å². The number of rotatable bonds is 6. The van der Waals surface area contributed by atoms with Crippen molar-refractivity contribution in [3.8, 4) is 11.1 Å². The van der Waals surface area contributed by atoms with Crippen molar-refractivity contribution in [3.63, 3.8) is 0 Å². The first-order valence-electron chi connectivity index (χ1n) is 10.6. The van der Waals surface area contributed by atoms with Gasteiger partial charge in [0.25, 0.3) is 0 Å². The molecular formula is C26H26N2O2. The Morgan fingerprint density at radius 3 is 1.73 bits per heavy atom. The van der Waals surface area contributed by atoms with E-state index in [9.17, 15) is 4.79 Å². The second-order valence-electron chi connectivity index (χ2n) is 8.47. The predicted molar refractivity (Wildman–Crippen MR) is 118 cm³/mol. The Bertz CT molecular complexity index is 1020. The number of hydrogen-bond acceptors (Lipinski definition) is 3. The number of likely N-dealkylation sites (tertiary alicyclic amines) is 2. The summed E-state index contributed by atoms with van der Waals surface area (Å²) in [6, 6.07) is 28.0. The molecule has 152 valence electrons. The van der Waals surface area contributed by atoms with E-state index in [0.717, 1.165) is 26.2 Å². The van der Waals surface area contributed by atoms with E-state index in [-0.39, 0.29) is 0 Å². The molecule has 0 radical (unpaired) electrons. The number of carboxylic acid groups (broad SMARTS) is 1. The summed E-state index contributed by atoms with van der Waals surface area (Å²) < 4.78 is 0. The maximum Gasteiger partial charge on any atom is 0.335 e. The fraction of sp³-hybridized carbons (Fsp3) is 0.269. The van der Waals surface area contributed by atoms with Gasteiger partial charge in [0, 0.05) is 38.3 Å². The van der Waals surface area contributed by atoms with Gasteiger partial charge in [-0.15, -0.1) is 0 Å². The van der Waals surface area contributed by atoms with Crippen LogP contribution in [0.15, 0.2) is 78.9 Å². The minimum Gasteiger partial charge on any atom is -0.478 e. The van der Waals surface area contributed by atoms with Crippen LogP contribution in [0.5, 0.6) is 0 Å². The molecule has 1 N–H and O–H groups in total. The molecule has 4 nitrogen and oxygen atoms in total. The van der Waals surface area contributed by atoms with Crippen LogP contribution in [0.2, 0.25) is 0 Å². The molecule has 3 aromatic rings. The smallest absolute Gasteiger partial charge is 0.335 e. The zero-order chi connectivity index (χ0) is 20.5. The van der Waals surface area contributed by atoms with E-state index in [1.807, 2.05) is 12.1 Å². The van der Waals surface area contributed by atoms with Gasteiger partial charge in [-0.3, -0.25) is 9.80 Å². The van der Waals surface area contributed by atoms with Crippen LogP contribution in [0.4, 0.5) is 0 Å². The molecule has 2 atom stereocenters. The number of nitrogens with zero attached hydrogens (tertiary/aromatic N) is 2. The minimum absolute atomic E-state index is 0.353. The Morgan fingerprint density at radius 1 is 0.733 bits per heavy atom. The second kappa shape index (κ2) is 8.05. The predicted octanol–water partition coefficient (Wildman–Crippen LogP) is 4.51. The maximum absolute atomic E-state index is 11.0. The van der Waals surface area contributed by atoms with Crippen LogP contribution >= 0.6 is 0 Å². The van der Waals surface area contributed by atoms with Gasteiger partial charge in [-0.25, -0.2) is 4.79 Å². The molecule has 2 bridgehead atoms. The Kier molecular flexibility index (Phi) is 5.11. The van der Waals surface area contributed by atoms with Crippen LogP contribution in [0.1, 0.15) is 27.9 Å². The fourth-order valence-corrected chi connectivity index (χ4v) is 4.87. The average molecular weight is 399 g/mol. The molecule has 2 fully saturated rings. The number of fused-ring (bicyclic) bond motifs is 2. The Morgan fingerprint density at radius 2 is 1.23 bits per heavy atom. The van der Waals surface area contributed by atoms with E-state index in [1.165, 1.54) is 28.7 Å². The normalized spacial score (nSPS) is 21.2. The fourth-order valence-electron chi connectivity index (χ4n) is 4.87. The number of hydrogen-bond donors (Lipinski definition) is 1. The largest absolute Gasteiger partial charge is 0.478 e. The lowest BCUT2D eigenvalue weighted by Crippen LogP contribution is -2.45. The van der Waals surface area contributed by atoms with Crippen molar-refractivity contribution in [1.82, 2.24) is 9.80 Å². The lowest BCUT2D eigenvalue weighted by molar-refractivity contribution is 0.0697. The van der Waals surface area contributed by atoms with Gasteiger partial charge in [-0.2, -0.15) is 0 Å². The van der Waals surface area contributed by atoms with Crippen molar-refractivity contribution < 1.29 is 9.90 Å². The highest BCUT2D eigenvalue weighted by Crippen LogP contribution is 2.33. The number of carboxylic acids is 1. The molecular weight excluding hydrogens is 372 g/mol. The molecule has 2 saturated heterocycles. The van der Waals surface area contributed by atoms with Crippen LogP contribution in [-0.4, -0.2) is 46.0 Å². The van der Waals surface area contributed by atoms with Crippen molar-refractivity contribution in [3.05, 3.63) is 95.6 Å². The lowest BCUT2D eigenvalue weighted by Gasteiger charge is -2.34. The highest BCUT2D eigenvalue weighted by molar-refractivity contribution is 5.87. The quantitative estimate of drug-likeness (QED) is 0.663. The van der Waals surface area contributed by atoms with Gasteiger partial charge in [0.1, 0.15) is 0 Å². The summed E-state index contributed by atoms with van der Waals surface area (Å²) in [7, 11) is 0. The Labute approximate surface area is 177 Å². The summed E-state index contributed by atoms with van der Waals surface area (Å²) in [6.07, 6.45) is 1.23. The number of piperazine rings is 1. The molecule has 0 saturated carbocycles. The zero-order valence-corrected chi connectivity index (χ0v) is 16.9. The number of aromatic carboxylic acids is 1. The molecule has 3 aromatic carbocycles. The van der Waals surface area contributed by atoms with Crippen molar-refractivity contribution in [2.75, 3.05) is 13.1 Å². The Balaban J connectivity index is 1.17. The third-order valence-electron chi connectivity index (χ3n) is 6.50. The summed E-state index contributed by atoms with van der Waals surface area (Å²) in [5.74, 6) is -0.866. The number of carbonyl (C=O) groups is 1. The SMILES string of the molecule is O=C(O)c1ccc(CN2C[C@@H]3C[C@H]2CN3Cc2ccc(-c3ccccc3)cc2)cc1. The number of benzene rings is 3. The molecule has 5 rings (SSSR count). The molecule has 0 unspecified atom stereocenters. The van der Waals surface area contributed by atoms with Gasteiger partial charge < -0.3 is 5.11 Å². The maximum atomic E-state index is 11.0. The molecule has 0 spiro atoms. The average Bonchev–Trinajstić information content (AvgIpc) is 3.35. The summed E-state index contributed by atoms with van der Waals surface area (Å²) in [5, 5.41) is 9.05. The molecule has 0 amide bonds. The van der Waals surface area contributed by atoms with Gasteiger partial charge in [0.15, 0.2) is 0 Å². The highest BCUT2D eigenvalue weighted by atomic mass is 16.4. The van der Waals surface area contributed by atoms with E-state index < -0.39 is 5.97 Å². The summed E-state index contributed by atoms with van der Waals surface area (Å²) in [4.78, 5) is 16.2. The van der Waals surface area contributed by atoms with Gasteiger partial charge in [-0.1, -0.05) is 66.7 Å². The van der Waals surface area contributed by atoms with Crippen molar-refractivity contribution in [2.45, 2.75) is 31.6 Å². The Hall–Kier alpha value is -2.95. The van der Waals surface area contributed by atoms with Crippen molar-refractivity contribution in [1.29, 1.82) is 0 Å². The molecule has 2 aliphatic rings. The van der Waals surface area contributed by atoms with E-state index in [2.05, 4.69) is 64.4 Å². The topological polar surface area (TPSA) is 43.8 Å².